The third kappa shape index (κ3) is 8.39. The van der Waals surface area contributed by atoms with Gasteiger partial charge in [0.25, 0.3) is 0 Å². The van der Waals surface area contributed by atoms with Crippen LogP contribution in [0.1, 0.15) is 23.6 Å². The minimum absolute atomic E-state index is 0.000819. The number of benzene rings is 3. The molecule has 1 atom stereocenters. The normalized spacial score (nSPS) is 12.1. The van der Waals surface area contributed by atoms with Gasteiger partial charge in [0, 0.05) is 19.6 Å². The summed E-state index contributed by atoms with van der Waals surface area (Å²) in [6, 6.07) is 20.8. The van der Waals surface area contributed by atoms with Crippen LogP contribution in [0.5, 0.6) is 5.75 Å². The number of hydrogen-bond acceptors (Lipinski definition) is 5. The third-order valence-corrected chi connectivity index (χ3v) is 7.24. The molecule has 0 saturated carbocycles. The van der Waals surface area contributed by atoms with Gasteiger partial charge in [0.2, 0.25) is 21.8 Å². The zero-order valence-corrected chi connectivity index (χ0v) is 22.4. The molecule has 0 spiro atoms. The Morgan fingerprint density at radius 1 is 0.895 bits per heavy atom. The molecule has 0 unspecified atom stereocenters. The molecule has 0 aromatic heterocycles. The molecule has 38 heavy (non-hydrogen) atoms. The maximum absolute atomic E-state index is 13.5. The van der Waals surface area contributed by atoms with E-state index in [4.69, 9.17) is 4.74 Å². The highest BCUT2D eigenvalue weighted by molar-refractivity contribution is 7.88. The minimum atomic E-state index is -3.74. The summed E-state index contributed by atoms with van der Waals surface area (Å²) < 4.78 is 44.7. The Labute approximate surface area is 223 Å². The van der Waals surface area contributed by atoms with Crippen molar-refractivity contribution in [2.75, 3.05) is 19.9 Å². The highest BCUT2D eigenvalue weighted by Crippen LogP contribution is 2.15. The molecule has 0 bridgehead atoms. The molecule has 0 aliphatic heterocycles. The highest BCUT2D eigenvalue weighted by atomic mass is 32.2. The van der Waals surface area contributed by atoms with Crippen molar-refractivity contribution in [2.45, 2.75) is 32.6 Å². The molecule has 10 heteroatoms. The van der Waals surface area contributed by atoms with Gasteiger partial charge in [0.05, 0.1) is 19.9 Å². The first-order chi connectivity index (χ1) is 18.1. The number of carbonyl (C=O) groups is 2. The summed E-state index contributed by atoms with van der Waals surface area (Å²) in [6.07, 6.45) is 1.04. The molecule has 8 nitrogen and oxygen atoms in total. The van der Waals surface area contributed by atoms with Crippen LogP contribution in [0.3, 0.4) is 0 Å². The van der Waals surface area contributed by atoms with Crippen LogP contribution in [0.25, 0.3) is 0 Å². The number of ether oxygens (including phenoxy) is 1. The van der Waals surface area contributed by atoms with Crippen molar-refractivity contribution in [3.05, 3.63) is 101 Å². The Bertz CT molecular complexity index is 1320. The lowest BCUT2D eigenvalue weighted by atomic mass is 10.1. The van der Waals surface area contributed by atoms with Crippen molar-refractivity contribution in [3.8, 4) is 5.75 Å². The molecule has 3 aromatic carbocycles. The van der Waals surface area contributed by atoms with E-state index < -0.39 is 40.2 Å². The van der Waals surface area contributed by atoms with Gasteiger partial charge in [-0.1, -0.05) is 54.6 Å². The van der Waals surface area contributed by atoms with Crippen LogP contribution < -0.4 is 10.1 Å². The maximum Gasteiger partial charge on any atom is 0.242 e. The second-order valence-corrected chi connectivity index (χ2v) is 10.9. The number of rotatable bonds is 12. The van der Waals surface area contributed by atoms with Crippen LogP contribution in [0.15, 0.2) is 78.9 Å². The number of carbonyl (C=O) groups excluding carboxylic acids is 2. The predicted octanol–water partition coefficient (Wildman–Crippen LogP) is 3.33. The van der Waals surface area contributed by atoms with E-state index in [1.807, 2.05) is 18.2 Å². The number of hydrogen-bond donors (Lipinski definition) is 1. The lowest BCUT2D eigenvalue weighted by Crippen LogP contribution is -2.50. The number of nitrogens with zero attached hydrogens (tertiary/aromatic N) is 2. The zero-order valence-electron chi connectivity index (χ0n) is 21.6. The maximum atomic E-state index is 13.5. The Balaban J connectivity index is 1.79. The average Bonchev–Trinajstić information content (AvgIpc) is 2.91. The van der Waals surface area contributed by atoms with Crippen LogP contribution in [0.4, 0.5) is 4.39 Å². The van der Waals surface area contributed by atoms with Crippen LogP contribution in [0, 0.1) is 5.82 Å². The fraction of sp³-hybridized carbons (Fsp3) is 0.286. The molecule has 3 aromatic rings. The lowest BCUT2D eigenvalue weighted by Gasteiger charge is -2.31. The van der Waals surface area contributed by atoms with E-state index in [1.165, 1.54) is 29.2 Å². The molecule has 1 N–H and O–H groups in total. The zero-order chi connectivity index (χ0) is 27.7. The molecule has 0 aliphatic carbocycles. The summed E-state index contributed by atoms with van der Waals surface area (Å²) in [4.78, 5) is 27.9. The van der Waals surface area contributed by atoms with Crippen LogP contribution in [-0.4, -0.2) is 55.4 Å². The third-order valence-electron chi connectivity index (χ3n) is 6.04. The lowest BCUT2D eigenvalue weighted by molar-refractivity contribution is -0.140. The number of nitrogens with one attached hydrogen (secondary N) is 1. The topological polar surface area (TPSA) is 96.0 Å². The summed E-state index contributed by atoms with van der Waals surface area (Å²) in [7, 11) is -2.18. The minimum Gasteiger partial charge on any atom is -0.497 e. The van der Waals surface area contributed by atoms with E-state index >= 15 is 0 Å². The second-order valence-electron chi connectivity index (χ2n) is 8.91. The van der Waals surface area contributed by atoms with Gasteiger partial charge in [-0.2, -0.15) is 4.31 Å². The smallest absolute Gasteiger partial charge is 0.242 e. The quantitative estimate of drug-likeness (QED) is 0.380. The first-order valence-corrected chi connectivity index (χ1v) is 13.8. The van der Waals surface area contributed by atoms with E-state index in [0.29, 0.717) is 11.3 Å². The molecule has 202 valence electrons. The van der Waals surface area contributed by atoms with E-state index in [9.17, 15) is 22.4 Å². The molecule has 3 rings (SSSR count). The monoisotopic (exact) mass is 541 g/mol. The molecule has 0 heterocycles. The Kier molecular flexibility index (Phi) is 9.98. The van der Waals surface area contributed by atoms with E-state index in [2.05, 4.69) is 5.32 Å². The summed E-state index contributed by atoms with van der Waals surface area (Å²) in [5, 5.41) is 2.82. The van der Waals surface area contributed by atoms with Gasteiger partial charge in [-0.3, -0.25) is 9.59 Å². The Morgan fingerprint density at radius 3 is 2.05 bits per heavy atom. The fourth-order valence-electron chi connectivity index (χ4n) is 3.77. The number of halogens is 1. The van der Waals surface area contributed by atoms with E-state index in [0.717, 1.165) is 21.7 Å². The first-order valence-electron chi connectivity index (χ1n) is 12.0. The number of amides is 2. The van der Waals surface area contributed by atoms with Gasteiger partial charge < -0.3 is 15.0 Å². The highest BCUT2D eigenvalue weighted by Gasteiger charge is 2.30. The van der Waals surface area contributed by atoms with Gasteiger partial charge in [-0.25, -0.2) is 12.8 Å². The van der Waals surface area contributed by atoms with E-state index in [-0.39, 0.29) is 19.6 Å². The average molecular weight is 542 g/mol. The standard InChI is InChI=1S/C28H32FN3O5S/c1-21(28(34)30-17-22-11-15-26(37-2)16-12-22)32(19-24-9-13-25(29)14-10-24)27(33)20-31(38(3,35)36)18-23-7-5-4-6-8-23/h4-16,21H,17-20H2,1-3H3,(H,30,34)/t21-/m0/s1. The first kappa shape index (κ1) is 28.8. The molecule has 0 radical (unpaired) electrons. The summed E-state index contributed by atoms with van der Waals surface area (Å²) in [6.45, 7) is 1.36. The Hall–Kier alpha value is -3.76. The van der Waals surface area contributed by atoms with Crippen molar-refractivity contribution in [1.29, 1.82) is 0 Å². The molecular weight excluding hydrogens is 509 g/mol. The molecule has 0 fully saturated rings. The van der Waals surface area contributed by atoms with Gasteiger partial charge in [0.15, 0.2) is 0 Å². The number of methoxy groups -OCH3 is 1. The van der Waals surface area contributed by atoms with Crippen LogP contribution >= 0.6 is 0 Å². The molecule has 0 saturated heterocycles. The van der Waals surface area contributed by atoms with Crippen molar-refractivity contribution in [1.82, 2.24) is 14.5 Å². The fourth-order valence-corrected chi connectivity index (χ4v) is 4.50. The van der Waals surface area contributed by atoms with Crippen LogP contribution in [-0.2, 0) is 39.2 Å². The van der Waals surface area contributed by atoms with Gasteiger partial charge in [0.1, 0.15) is 17.6 Å². The molecule has 0 aliphatic rings. The van der Waals surface area contributed by atoms with E-state index in [1.54, 1.807) is 50.4 Å². The summed E-state index contributed by atoms with van der Waals surface area (Å²) >= 11 is 0. The van der Waals surface area contributed by atoms with Gasteiger partial charge >= 0.3 is 0 Å². The van der Waals surface area contributed by atoms with Crippen molar-refractivity contribution in [3.63, 3.8) is 0 Å². The Morgan fingerprint density at radius 2 is 1.47 bits per heavy atom. The van der Waals surface area contributed by atoms with Crippen molar-refractivity contribution < 1.29 is 27.1 Å². The second kappa shape index (κ2) is 13.2. The van der Waals surface area contributed by atoms with Gasteiger partial charge in [-0.15, -0.1) is 0 Å². The predicted molar refractivity (Wildman–Crippen MR) is 143 cm³/mol. The van der Waals surface area contributed by atoms with Crippen LogP contribution in [0.2, 0.25) is 0 Å². The SMILES string of the molecule is COc1ccc(CNC(=O)[C@H](C)N(Cc2ccc(F)cc2)C(=O)CN(Cc2ccccc2)S(C)(=O)=O)cc1. The summed E-state index contributed by atoms with van der Waals surface area (Å²) in [5.74, 6) is -0.702. The molecular formula is C28H32FN3O5S. The summed E-state index contributed by atoms with van der Waals surface area (Å²) in [5.41, 5.74) is 2.17. The number of sulfonamides is 1. The molecule has 2 amide bonds. The largest absolute Gasteiger partial charge is 0.497 e. The van der Waals surface area contributed by atoms with Gasteiger partial charge in [-0.05, 0) is 47.9 Å². The van der Waals surface area contributed by atoms with Crippen molar-refractivity contribution in [2.24, 2.45) is 0 Å². The van der Waals surface area contributed by atoms with Crippen molar-refractivity contribution >= 4 is 21.8 Å².